The molecule has 1 N–H and O–H groups in total. The predicted octanol–water partition coefficient (Wildman–Crippen LogP) is 2.64. The Kier molecular flexibility index (Phi) is 3.19. The van der Waals surface area contributed by atoms with E-state index in [4.69, 9.17) is 0 Å². The Bertz CT molecular complexity index is 424. The minimum absolute atomic E-state index is 0.0300. The van der Waals surface area contributed by atoms with E-state index >= 15 is 0 Å². The maximum absolute atomic E-state index is 12.6. The zero-order chi connectivity index (χ0) is 12.5. The standard InChI is InChI=1S/C12H12F3NO/c13-12(14,15)10-4-2-1-3-9(10)11(17)7-16-8-5-6-8/h1-4,8,16H,5-7H2. The van der Waals surface area contributed by atoms with Gasteiger partial charge in [-0.25, -0.2) is 0 Å². The lowest BCUT2D eigenvalue weighted by Gasteiger charge is -2.11. The number of benzene rings is 1. The summed E-state index contributed by atoms with van der Waals surface area (Å²) in [6.07, 6.45) is -2.49. The summed E-state index contributed by atoms with van der Waals surface area (Å²) >= 11 is 0. The van der Waals surface area contributed by atoms with Crippen molar-refractivity contribution in [2.24, 2.45) is 0 Å². The van der Waals surface area contributed by atoms with Gasteiger partial charge in [0.15, 0.2) is 5.78 Å². The SMILES string of the molecule is O=C(CNC1CC1)c1ccccc1C(F)(F)F. The first kappa shape index (κ1) is 12.1. The van der Waals surface area contributed by atoms with Crippen LogP contribution in [0.1, 0.15) is 28.8 Å². The Hall–Kier alpha value is -1.36. The van der Waals surface area contributed by atoms with E-state index in [1.54, 1.807) is 0 Å². The number of ketones is 1. The highest BCUT2D eigenvalue weighted by Crippen LogP contribution is 2.32. The first-order valence-corrected chi connectivity index (χ1v) is 5.41. The van der Waals surface area contributed by atoms with E-state index in [1.165, 1.54) is 18.2 Å². The van der Waals surface area contributed by atoms with Gasteiger partial charge in [-0.15, -0.1) is 0 Å². The second-order valence-corrected chi connectivity index (χ2v) is 4.12. The van der Waals surface area contributed by atoms with Crippen molar-refractivity contribution in [3.63, 3.8) is 0 Å². The summed E-state index contributed by atoms with van der Waals surface area (Å²) in [7, 11) is 0. The molecule has 1 fully saturated rings. The van der Waals surface area contributed by atoms with Gasteiger partial charge in [0, 0.05) is 11.6 Å². The Morgan fingerprint density at radius 2 is 1.94 bits per heavy atom. The number of Topliss-reactive ketones (excluding diaryl/α,β-unsaturated/α-hetero) is 1. The molecule has 0 aliphatic heterocycles. The number of rotatable bonds is 4. The first-order chi connectivity index (χ1) is 7.98. The van der Waals surface area contributed by atoms with E-state index in [1.807, 2.05) is 0 Å². The molecule has 2 rings (SSSR count). The van der Waals surface area contributed by atoms with Crippen LogP contribution in [0.5, 0.6) is 0 Å². The van der Waals surface area contributed by atoms with Gasteiger partial charge < -0.3 is 5.32 Å². The molecule has 17 heavy (non-hydrogen) atoms. The van der Waals surface area contributed by atoms with Crippen LogP contribution in [0, 0.1) is 0 Å². The van der Waals surface area contributed by atoms with Gasteiger partial charge in [-0.05, 0) is 18.9 Å². The normalized spacial score (nSPS) is 15.9. The third kappa shape index (κ3) is 3.06. The van der Waals surface area contributed by atoms with Crippen molar-refractivity contribution in [2.45, 2.75) is 25.1 Å². The molecular weight excluding hydrogens is 231 g/mol. The number of halogens is 3. The largest absolute Gasteiger partial charge is 0.417 e. The highest BCUT2D eigenvalue weighted by molar-refractivity contribution is 5.99. The van der Waals surface area contributed by atoms with Crippen molar-refractivity contribution in [1.29, 1.82) is 0 Å². The van der Waals surface area contributed by atoms with Crippen molar-refractivity contribution >= 4 is 5.78 Å². The van der Waals surface area contributed by atoms with Crippen LogP contribution in [-0.2, 0) is 6.18 Å². The molecule has 92 valence electrons. The number of hydrogen-bond donors (Lipinski definition) is 1. The molecule has 2 nitrogen and oxygen atoms in total. The fraction of sp³-hybridized carbons (Fsp3) is 0.417. The van der Waals surface area contributed by atoms with Crippen LogP contribution in [0.2, 0.25) is 0 Å². The molecule has 0 aromatic heterocycles. The fourth-order valence-electron chi connectivity index (χ4n) is 1.59. The molecule has 0 saturated heterocycles. The molecule has 1 aromatic carbocycles. The summed E-state index contributed by atoms with van der Waals surface area (Å²) in [5.41, 5.74) is -1.12. The smallest absolute Gasteiger partial charge is 0.307 e. The van der Waals surface area contributed by atoms with E-state index in [9.17, 15) is 18.0 Å². The van der Waals surface area contributed by atoms with Crippen LogP contribution in [0.4, 0.5) is 13.2 Å². The summed E-state index contributed by atoms with van der Waals surface area (Å²) in [6, 6.07) is 5.19. The zero-order valence-electron chi connectivity index (χ0n) is 9.05. The van der Waals surface area contributed by atoms with Crippen LogP contribution in [0.15, 0.2) is 24.3 Å². The molecule has 5 heteroatoms. The topological polar surface area (TPSA) is 29.1 Å². The summed E-state index contributed by atoms with van der Waals surface area (Å²) < 4.78 is 37.9. The zero-order valence-corrected chi connectivity index (χ0v) is 9.05. The van der Waals surface area contributed by atoms with Gasteiger partial charge in [0.05, 0.1) is 12.1 Å². The minimum Gasteiger partial charge on any atom is -0.307 e. The van der Waals surface area contributed by atoms with Gasteiger partial charge in [0.2, 0.25) is 0 Å². The number of nitrogens with one attached hydrogen (secondary N) is 1. The molecule has 0 atom stereocenters. The Labute approximate surface area is 96.8 Å². The highest BCUT2D eigenvalue weighted by atomic mass is 19.4. The van der Waals surface area contributed by atoms with Gasteiger partial charge in [-0.3, -0.25) is 4.79 Å². The number of carbonyl (C=O) groups is 1. The second kappa shape index (κ2) is 4.49. The third-order valence-corrected chi connectivity index (χ3v) is 2.66. The average Bonchev–Trinajstić information content (AvgIpc) is 3.08. The van der Waals surface area contributed by atoms with Crippen molar-refractivity contribution in [3.05, 3.63) is 35.4 Å². The van der Waals surface area contributed by atoms with E-state index in [0.717, 1.165) is 18.9 Å². The van der Waals surface area contributed by atoms with Gasteiger partial charge in [0.25, 0.3) is 0 Å². The summed E-state index contributed by atoms with van der Waals surface area (Å²) in [4.78, 5) is 11.7. The van der Waals surface area contributed by atoms with Crippen LogP contribution in [0.25, 0.3) is 0 Å². The van der Waals surface area contributed by atoms with E-state index in [0.29, 0.717) is 6.04 Å². The highest BCUT2D eigenvalue weighted by Gasteiger charge is 2.34. The monoisotopic (exact) mass is 243 g/mol. The molecule has 0 radical (unpaired) electrons. The summed E-state index contributed by atoms with van der Waals surface area (Å²) in [5, 5.41) is 2.92. The van der Waals surface area contributed by atoms with E-state index < -0.39 is 17.5 Å². The lowest BCUT2D eigenvalue weighted by atomic mass is 10.0. The minimum atomic E-state index is -4.48. The van der Waals surface area contributed by atoms with Crippen molar-refractivity contribution in [3.8, 4) is 0 Å². The molecule has 1 aliphatic rings. The lowest BCUT2D eigenvalue weighted by Crippen LogP contribution is -2.26. The summed E-state index contributed by atoms with van der Waals surface area (Å²) in [5.74, 6) is -0.509. The van der Waals surface area contributed by atoms with Crippen LogP contribution < -0.4 is 5.32 Å². The van der Waals surface area contributed by atoms with Crippen LogP contribution in [0.3, 0.4) is 0 Å². The molecule has 0 amide bonds. The molecule has 1 aromatic rings. The fourth-order valence-corrected chi connectivity index (χ4v) is 1.59. The van der Waals surface area contributed by atoms with Gasteiger partial charge in [-0.2, -0.15) is 13.2 Å². The molecule has 1 aliphatic carbocycles. The number of hydrogen-bond acceptors (Lipinski definition) is 2. The number of carbonyl (C=O) groups excluding carboxylic acids is 1. The lowest BCUT2D eigenvalue weighted by molar-refractivity contribution is -0.137. The molecule has 0 heterocycles. The third-order valence-electron chi connectivity index (χ3n) is 2.66. The molecule has 0 spiro atoms. The number of alkyl halides is 3. The first-order valence-electron chi connectivity index (χ1n) is 5.41. The van der Waals surface area contributed by atoms with Crippen LogP contribution >= 0.6 is 0 Å². The average molecular weight is 243 g/mol. The van der Waals surface area contributed by atoms with Crippen molar-refractivity contribution in [1.82, 2.24) is 5.32 Å². The van der Waals surface area contributed by atoms with Gasteiger partial charge in [-0.1, -0.05) is 18.2 Å². The second-order valence-electron chi connectivity index (χ2n) is 4.12. The van der Waals surface area contributed by atoms with Crippen molar-refractivity contribution < 1.29 is 18.0 Å². The Morgan fingerprint density at radius 3 is 2.53 bits per heavy atom. The molecular formula is C12H12F3NO. The molecule has 0 bridgehead atoms. The van der Waals surface area contributed by atoms with Crippen molar-refractivity contribution in [2.75, 3.05) is 6.54 Å². The molecule has 0 unspecified atom stereocenters. The van der Waals surface area contributed by atoms with Crippen LogP contribution in [-0.4, -0.2) is 18.4 Å². The van der Waals surface area contributed by atoms with Gasteiger partial charge in [0.1, 0.15) is 0 Å². The van der Waals surface area contributed by atoms with Gasteiger partial charge >= 0.3 is 6.18 Å². The quantitative estimate of drug-likeness (QED) is 0.824. The van der Waals surface area contributed by atoms with E-state index in [-0.39, 0.29) is 12.1 Å². The maximum Gasteiger partial charge on any atom is 0.417 e. The summed E-state index contributed by atoms with van der Waals surface area (Å²) in [6.45, 7) is -0.0300. The Morgan fingerprint density at radius 1 is 1.29 bits per heavy atom. The van der Waals surface area contributed by atoms with E-state index in [2.05, 4.69) is 5.32 Å². The molecule has 1 saturated carbocycles. The maximum atomic E-state index is 12.6. The Balaban J connectivity index is 2.15. The predicted molar refractivity (Wildman–Crippen MR) is 56.8 cm³/mol.